The zero-order chi connectivity index (χ0) is 17.9. The summed E-state index contributed by atoms with van der Waals surface area (Å²) in [6.45, 7) is 4.54. The minimum absolute atomic E-state index is 0.0184. The molecule has 2 aliphatic heterocycles. The Morgan fingerprint density at radius 3 is 2.58 bits per heavy atom. The van der Waals surface area contributed by atoms with E-state index in [4.69, 9.17) is 11.6 Å². The molecule has 0 N–H and O–H groups in total. The second-order valence-corrected chi connectivity index (χ2v) is 7.59. The van der Waals surface area contributed by atoms with Gasteiger partial charge in [-0.3, -0.25) is 9.69 Å². The molecule has 7 heteroatoms. The molecular weight excluding hydrogens is 350 g/mol. The second kappa shape index (κ2) is 7.76. The molecule has 0 saturated carbocycles. The van der Waals surface area contributed by atoms with Crippen molar-refractivity contribution in [3.8, 4) is 0 Å². The van der Waals surface area contributed by atoms with Crippen LogP contribution in [0.5, 0.6) is 0 Å². The van der Waals surface area contributed by atoms with Gasteiger partial charge in [0.05, 0.1) is 12.2 Å². The normalized spacial score (nSPS) is 19.2. The Morgan fingerprint density at radius 1 is 1.12 bits per heavy atom. The third-order valence-corrected chi connectivity index (χ3v) is 5.77. The van der Waals surface area contributed by atoms with E-state index in [1.807, 2.05) is 34.0 Å². The Morgan fingerprint density at radius 2 is 1.85 bits per heavy atom. The second-order valence-electron chi connectivity index (χ2n) is 7.18. The minimum atomic E-state index is 0.0184. The van der Waals surface area contributed by atoms with Crippen molar-refractivity contribution >= 4 is 17.5 Å². The van der Waals surface area contributed by atoms with Gasteiger partial charge in [-0.2, -0.15) is 0 Å². The summed E-state index contributed by atoms with van der Waals surface area (Å²) in [5, 5.41) is 9.19. The summed E-state index contributed by atoms with van der Waals surface area (Å²) < 4.78 is 1.89. The largest absolute Gasteiger partial charge is 0.337 e. The van der Waals surface area contributed by atoms with Crippen LogP contribution in [0.1, 0.15) is 47.8 Å². The summed E-state index contributed by atoms with van der Waals surface area (Å²) >= 11 is 6.27. The fourth-order valence-corrected chi connectivity index (χ4v) is 4.04. The summed E-state index contributed by atoms with van der Waals surface area (Å²) in [4.78, 5) is 16.7. The number of carbonyl (C=O) groups is 1. The maximum Gasteiger partial charge on any atom is 0.276 e. The first-order valence-corrected chi connectivity index (χ1v) is 9.75. The van der Waals surface area contributed by atoms with E-state index in [1.54, 1.807) is 0 Å². The first-order valence-electron chi connectivity index (χ1n) is 9.37. The lowest BCUT2D eigenvalue weighted by molar-refractivity contribution is 0.0787. The molecule has 2 aliphatic rings. The van der Waals surface area contributed by atoms with E-state index in [2.05, 4.69) is 21.3 Å². The maximum atomic E-state index is 12.4. The average Bonchev–Trinajstić information content (AvgIpc) is 3.36. The van der Waals surface area contributed by atoms with E-state index in [0.717, 1.165) is 63.4 Å². The van der Waals surface area contributed by atoms with Crippen molar-refractivity contribution in [1.82, 2.24) is 24.8 Å². The van der Waals surface area contributed by atoms with Crippen LogP contribution in [-0.2, 0) is 6.54 Å². The Kier molecular flexibility index (Phi) is 5.22. The predicted octanol–water partition coefficient (Wildman–Crippen LogP) is 3.00. The van der Waals surface area contributed by atoms with Crippen molar-refractivity contribution in [2.75, 3.05) is 26.2 Å². The third-order valence-electron chi connectivity index (χ3n) is 5.41. The highest BCUT2D eigenvalue weighted by molar-refractivity contribution is 6.31. The van der Waals surface area contributed by atoms with Gasteiger partial charge in [0.1, 0.15) is 0 Å². The average molecular weight is 374 g/mol. The van der Waals surface area contributed by atoms with E-state index in [-0.39, 0.29) is 5.91 Å². The van der Waals surface area contributed by atoms with Gasteiger partial charge in [-0.15, -0.1) is 5.10 Å². The molecule has 2 saturated heterocycles. The third kappa shape index (κ3) is 3.76. The van der Waals surface area contributed by atoms with Crippen LogP contribution in [-0.4, -0.2) is 56.9 Å². The van der Waals surface area contributed by atoms with Crippen molar-refractivity contribution in [2.45, 2.75) is 38.3 Å². The van der Waals surface area contributed by atoms with Crippen LogP contribution in [0.25, 0.3) is 0 Å². The van der Waals surface area contributed by atoms with Gasteiger partial charge in [0, 0.05) is 37.7 Å². The van der Waals surface area contributed by atoms with Crippen molar-refractivity contribution in [2.24, 2.45) is 0 Å². The predicted molar refractivity (Wildman–Crippen MR) is 100 cm³/mol. The summed E-state index contributed by atoms with van der Waals surface area (Å²) in [7, 11) is 0. The van der Waals surface area contributed by atoms with Crippen LogP contribution in [0.15, 0.2) is 30.5 Å². The molecule has 4 rings (SSSR count). The number of halogens is 1. The SMILES string of the molecule is O=C(c1cn(C2CCN(Cc3ccccc3Cl)CC2)nn1)N1CCCC1. The fraction of sp³-hybridized carbons (Fsp3) is 0.526. The van der Waals surface area contributed by atoms with Gasteiger partial charge in [-0.1, -0.05) is 35.0 Å². The molecule has 138 valence electrons. The first kappa shape index (κ1) is 17.5. The van der Waals surface area contributed by atoms with Crippen LogP contribution < -0.4 is 0 Å². The number of hydrogen-bond donors (Lipinski definition) is 0. The molecule has 2 aromatic rings. The van der Waals surface area contributed by atoms with Gasteiger partial charge in [-0.05, 0) is 37.3 Å². The van der Waals surface area contributed by atoms with Gasteiger partial charge in [0.25, 0.3) is 5.91 Å². The van der Waals surface area contributed by atoms with Crippen molar-refractivity contribution in [3.63, 3.8) is 0 Å². The Bertz CT molecular complexity index is 763. The number of hydrogen-bond acceptors (Lipinski definition) is 4. The standard InChI is InChI=1S/C19H24ClN5O/c20-17-6-2-1-5-15(17)13-23-11-7-16(8-12-23)25-14-18(21-22-25)19(26)24-9-3-4-10-24/h1-2,5-6,14,16H,3-4,7-13H2. The topological polar surface area (TPSA) is 54.3 Å². The summed E-state index contributed by atoms with van der Waals surface area (Å²) in [6, 6.07) is 8.33. The number of likely N-dealkylation sites (tertiary alicyclic amines) is 2. The molecule has 0 unspecified atom stereocenters. The highest BCUT2D eigenvalue weighted by Gasteiger charge is 2.25. The summed E-state index contributed by atoms with van der Waals surface area (Å²) in [6.07, 6.45) is 6.01. The molecule has 1 aromatic carbocycles. The Hall–Kier alpha value is -1.92. The number of nitrogens with zero attached hydrogens (tertiary/aromatic N) is 5. The number of carbonyl (C=O) groups excluding carboxylic acids is 1. The molecule has 0 bridgehead atoms. The van der Waals surface area contributed by atoms with Gasteiger partial charge in [0.15, 0.2) is 5.69 Å². The number of aromatic nitrogens is 3. The minimum Gasteiger partial charge on any atom is -0.337 e. The van der Waals surface area contributed by atoms with E-state index in [1.165, 1.54) is 5.56 Å². The fourth-order valence-electron chi connectivity index (χ4n) is 3.84. The van der Waals surface area contributed by atoms with Crippen LogP contribution in [0.4, 0.5) is 0 Å². The zero-order valence-corrected chi connectivity index (χ0v) is 15.6. The molecule has 0 radical (unpaired) electrons. The van der Waals surface area contributed by atoms with Gasteiger partial charge in [0.2, 0.25) is 0 Å². The monoisotopic (exact) mass is 373 g/mol. The molecule has 1 aromatic heterocycles. The molecule has 0 aliphatic carbocycles. The molecule has 0 atom stereocenters. The van der Waals surface area contributed by atoms with Crippen molar-refractivity contribution in [3.05, 3.63) is 46.7 Å². The number of benzene rings is 1. The first-order chi connectivity index (χ1) is 12.7. The Labute approximate surface area is 158 Å². The molecule has 6 nitrogen and oxygen atoms in total. The van der Waals surface area contributed by atoms with Crippen LogP contribution in [0.3, 0.4) is 0 Å². The van der Waals surface area contributed by atoms with Crippen LogP contribution in [0, 0.1) is 0 Å². The lowest BCUT2D eigenvalue weighted by atomic mass is 10.0. The lowest BCUT2D eigenvalue weighted by Gasteiger charge is -2.31. The van der Waals surface area contributed by atoms with Crippen molar-refractivity contribution in [1.29, 1.82) is 0 Å². The van der Waals surface area contributed by atoms with E-state index in [0.29, 0.717) is 11.7 Å². The molecular formula is C19H24ClN5O. The number of rotatable bonds is 4. The summed E-state index contributed by atoms with van der Waals surface area (Å²) in [5.74, 6) is 0.0184. The van der Waals surface area contributed by atoms with Crippen LogP contribution >= 0.6 is 11.6 Å². The van der Waals surface area contributed by atoms with Crippen molar-refractivity contribution < 1.29 is 4.79 Å². The highest BCUT2D eigenvalue weighted by atomic mass is 35.5. The van der Waals surface area contributed by atoms with Gasteiger partial charge < -0.3 is 4.90 Å². The van der Waals surface area contributed by atoms with E-state index >= 15 is 0 Å². The quantitative estimate of drug-likeness (QED) is 0.826. The maximum absolute atomic E-state index is 12.4. The molecule has 0 spiro atoms. The highest BCUT2D eigenvalue weighted by Crippen LogP contribution is 2.25. The number of amides is 1. The number of piperidine rings is 1. The van der Waals surface area contributed by atoms with E-state index < -0.39 is 0 Å². The summed E-state index contributed by atoms with van der Waals surface area (Å²) in [5.41, 5.74) is 1.65. The smallest absolute Gasteiger partial charge is 0.276 e. The van der Waals surface area contributed by atoms with Gasteiger partial charge in [-0.25, -0.2) is 4.68 Å². The zero-order valence-electron chi connectivity index (χ0n) is 14.9. The molecule has 1 amide bonds. The molecule has 26 heavy (non-hydrogen) atoms. The molecule has 2 fully saturated rings. The van der Waals surface area contributed by atoms with Crippen LogP contribution in [0.2, 0.25) is 5.02 Å². The molecule has 3 heterocycles. The Balaban J connectivity index is 1.33. The lowest BCUT2D eigenvalue weighted by Crippen LogP contribution is -2.34. The van der Waals surface area contributed by atoms with Gasteiger partial charge >= 0.3 is 0 Å². The van der Waals surface area contributed by atoms with E-state index in [9.17, 15) is 4.79 Å².